The Morgan fingerprint density at radius 3 is 2.45 bits per heavy atom. The molecule has 0 bridgehead atoms. The van der Waals surface area contributed by atoms with Crippen LogP contribution in [0, 0.1) is 0 Å². The van der Waals surface area contributed by atoms with Crippen LogP contribution in [0.15, 0.2) is 48.5 Å². The molecule has 0 fully saturated rings. The van der Waals surface area contributed by atoms with Crippen molar-refractivity contribution in [2.45, 2.75) is 0 Å². The number of fused-ring (bicyclic) bond motifs is 2. The Labute approximate surface area is 115 Å². The van der Waals surface area contributed by atoms with Gasteiger partial charge in [-0.3, -0.25) is 14.5 Å². The molecular weight excluding hydrogens is 258 g/mol. The van der Waals surface area contributed by atoms with Crippen molar-refractivity contribution in [1.82, 2.24) is 0 Å². The van der Waals surface area contributed by atoms with Crippen molar-refractivity contribution in [3.05, 3.63) is 54.1 Å². The molecule has 0 aromatic heterocycles. The second kappa shape index (κ2) is 4.70. The van der Waals surface area contributed by atoms with Gasteiger partial charge in [0.05, 0.1) is 11.3 Å². The molecule has 0 radical (unpaired) electrons. The number of rotatable bonds is 2. The van der Waals surface area contributed by atoms with E-state index in [1.807, 2.05) is 0 Å². The van der Waals surface area contributed by atoms with E-state index in [2.05, 4.69) is 0 Å². The Kier molecular flexibility index (Phi) is 2.87. The summed E-state index contributed by atoms with van der Waals surface area (Å²) in [6.07, 6.45) is 0. The van der Waals surface area contributed by atoms with Gasteiger partial charge in [-0.25, -0.2) is 0 Å². The fraction of sp³-hybridized carbons (Fsp3) is 0.0667. The van der Waals surface area contributed by atoms with Crippen molar-refractivity contribution in [1.29, 1.82) is 0 Å². The molecule has 0 unspecified atom stereocenters. The second-order valence-corrected chi connectivity index (χ2v) is 4.35. The first-order chi connectivity index (χ1) is 9.66. The zero-order valence-electron chi connectivity index (χ0n) is 10.4. The summed E-state index contributed by atoms with van der Waals surface area (Å²) in [5.41, 5.74) is 0.807. The molecule has 3 rings (SSSR count). The van der Waals surface area contributed by atoms with E-state index in [0.29, 0.717) is 22.7 Å². The number of amides is 1. The third-order valence-electron chi connectivity index (χ3n) is 3.03. The summed E-state index contributed by atoms with van der Waals surface area (Å²) in [4.78, 5) is 24.7. The monoisotopic (exact) mass is 269 g/mol. The van der Waals surface area contributed by atoms with Gasteiger partial charge < -0.3 is 9.84 Å². The van der Waals surface area contributed by atoms with Gasteiger partial charge in [0.15, 0.2) is 5.75 Å². The van der Waals surface area contributed by atoms with E-state index in [1.54, 1.807) is 48.5 Å². The molecule has 20 heavy (non-hydrogen) atoms. The number of carboxylic acids is 1. The molecule has 0 aliphatic carbocycles. The van der Waals surface area contributed by atoms with Crippen molar-refractivity contribution >= 4 is 17.6 Å². The minimum atomic E-state index is -1.08. The number of para-hydroxylation sites is 3. The number of ether oxygens (including phenoxy) is 1. The molecule has 1 heterocycles. The van der Waals surface area contributed by atoms with Crippen LogP contribution in [0.2, 0.25) is 0 Å². The molecule has 1 aliphatic rings. The molecule has 0 saturated heterocycles. The smallest absolute Gasteiger partial charge is 0.323 e. The number of aliphatic carboxylic acids is 1. The van der Waals surface area contributed by atoms with Crippen LogP contribution >= 0.6 is 0 Å². The Morgan fingerprint density at radius 1 is 1.05 bits per heavy atom. The Hall–Kier alpha value is -2.82. The van der Waals surface area contributed by atoms with E-state index >= 15 is 0 Å². The molecule has 1 N–H and O–H groups in total. The molecule has 0 atom stereocenters. The van der Waals surface area contributed by atoms with Crippen LogP contribution < -0.4 is 9.64 Å². The highest BCUT2D eigenvalue weighted by molar-refractivity contribution is 6.11. The van der Waals surface area contributed by atoms with Crippen LogP contribution in [0.4, 0.5) is 5.69 Å². The normalized spacial score (nSPS) is 13.0. The lowest BCUT2D eigenvalue weighted by atomic mass is 10.1. The number of carboxylic acid groups (broad SMARTS) is 1. The van der Waals surface area contributed by atoms with E-state index in [1.165, 1.54) is 4.90 Å². The van der Waals surface area contributed by atoms with Crippen LogP contribution in [0.1, 0.15) is 10.4 Å². The quantitative estimate of drug-likeness (QED) is 0.909. The number of carbonyl (C=O) groups excluding carboxylic acids is 1. The van der Waals surface area contributed by atoms with Gasteiger partial charge in [-0.05, 0) is 24.3 Å². The van der Waals surface area contributed by atoms with Gasteiger partial charge in [-0.15, -0.1) is 0 Å². The van der Waals surface area contributed by atoms with Crippen molar-refractivity contribution in [2.24, 2.45) is 0 Å². The summed E-state index contributed by atoms with van der Waals surface area (Å²) in [6, 6.07) is 13.7. The predicted molar refractivity (Wildman–Crippen MR) is 72.3 cm³/mol. The lowest BCUT2D eigenvalue weighted by molar-refractivity contribution is -0.135. The van der Waals surface area contributed by atoms with Gasteiger partial charge in [-0.2, -0.15) is 0 Å². The topological polar surface area (TPSA) is 66.8 Å². The number of hydrogen-bond acceptors (Lipinski definition) is 3. The minimum Gasteiger partial charge on any atom is -0.480 e. The number of hydrogen-bond donors (Lipinski definition) is 1. The second-order valence-electron chi connectivity index (χ2n) is 4.35. The summed E-state index contributed by atoms with van der Waals surface area (Å²) in [6.45, 7) is -0.409. The first-order valence-electron chi connectivity index (χ1n) is 6.06. The number of benzene rings is 2. The summed E-state index contributed by atoms with van der Waals surface area (Å²) < 4.78 is 5.73. The van der Waals surface area contributed by atoms with Gasteiger partial charge in [0.25, 0.3) is 5.91 Å². The molecule has 0 spiro atoms. The van der Waals surface area contributed by atoms with E-state index in [4.69, 9.17) is 9.84 Å². The lowest BCUT2D eigenvalue weighted by Gasteiger charge is -2.19. The van der Waals surface area contributed by atoms with Crippen LogP contribution in [0.5, 0.6) is 11.5 Å². The highest BCUT2D eigenvalue weighted by atomic mass is 16.5. The fourth-order valence-electron chi connectivity index (χ4n) is 2.16. The molecular formula is C15H11NO4. The molecule has 5 heteroatoms. The molecule has 5 nitrogen and oxygen atoms in total. The molecule has 1 amide bonds. The molecule has 100 valence electrons. The van der Waals surface area contributed by atoms with Crippen LogP contribution in [-0.4, -0.2) is 23.5 Å². The average molecular weight is 269 g/mol. The standard InChI is InChI=1S/C15H11NO4/c17-14(18)9-16-11-6-2-4-8-13(11)20-12-7-3-1-5-10(12)15(16)19/h1-8H,9H2,(H,17,18). The molecule has 0 saturated carbocycles. The first kappa shape index (κ1) is 12.2. The van der Waals surface area contributed by atoms with Crippen LogP contribution in [0.25, 0.3) is 0 Å². The highest BCUT2D eigenvalue weighted by Gasteiger charge is 2.28. The third-order valence-corrected chi connectivity index (χ3v) is 3.03. The minimum absolute atomic E-state index is 0.352. The SMILES string of the molecule is O=C(O)CN1C(=O)c2ccccc2Oc2ccccc21. The molecule has 1 aliphatic heterocycles. The Balaban J connectivity index is 2.19. The predicted octanol–water partition coefficient (Wildman–Crippen LogP) is 2.52. The van der Waals surface area contributed by atoms with E-state index in [0.717, 1.165) is 0 Å². The lowest BCUT2D eigenvalue weighted by Crippen LogP contribution is -2.35. The van der Waals surface area contributed by atoms with Gasteiger partial charge in [0.1, 0.15) is 12.3 Å². The zero-order valence-corrected chi connectivity index (χ0v) is 10.4. The number of nitrogens with zero attached hydrogens (tertiary/aromatic N) is 1. The van der Waals surface area contributed by atoms with E-state index in [9.17, 15) is 9.59 Å². The van der Waals surface area contributed by atoms with Crippen molar-refractivity contribution in [3.63, 3.8) is 0 Å². The van der Waals surface area contributed by atoms with Crippen LogP contribution in [0.3, 0.4) is 0 Å². The van der Waals surface area contributed by atoms with Crippen molar-refractivity contribution in [3.8, 4) is 11.5 Å². The highest BCUT2D eigenvalue weighted by Crippen LogP contribution is 2.38. The summed E-state index contributed by atoms with van der Waals surface area (Å²) in [7, 11) is 0. The molecule has 2 aromatic rings. The van der Waals surface area contributed by atoms with Crippen LogP contribution in [-0.2, 0) is 4.79 Å². The fourth-order valence-corrected chi connectivity index (χ4v) is 2.16. The molecule has 2 aromatic carbocycles. The largest absolute Gasteiger partial charge is 0.480 e. The van der Waals surface area contributed by atoms with E-state index < -0.39 is 12.5 Å². The van der Waals surface area contributed by atoms with Gasteiger partial charge in [0, 0.05) is 0 Å². The number of anilines is 1. The zero-order chi connectivity index (χ0) is 14.1. The summed E-state index contributed by atoms with van der Waals surface area (Å²) in [5.74, 6) is -0.564. The van der Waals surface area contributed by atoms with E-state index in [-0.39, 0.29) is 5.91 Å². The maximum absolute atomic E-state index is 12.5. The average Bonchev–Trinajstić information content (AvgIpc) is 2.55. The van der Waals surface area contributed by atoms with Crippen molar-refractivity contribution in [2.75, 3.05) is 11.4 Å². The van der Waals surface area contributed by atoms with Crippen molar-refractivity contribution < 1.29 is 19.4 Å². The van der Waals surface area contributed by atoms with Gasteiger partial charge in [-0.1, -0.05) is 24.3 Å². The number of carbonyl (C=O) groups is 2. The maximum atomic E-state index is 12.5. The Morgan fingerprint density at radius 2 is 1.70 bits per heavy atom. The van der Waals surface area contributed by atoms with Gasteiger partial charge >= 0.3 is 5.97 Å². The summed E-state index contributed by atoms with van der Waals surface area (Å²) >= 11 is 0. The van der Waals surface area contributed by atoms with Gasteiger partial charge in [0.2, 0.25) is 0 Å². The first-order valence-corrected chi connectivity index (χ1v) is 6.06. The Bertz CT molecular complexity index is 696. The summed E-state index contributed by atoms with van der Waals surface area (Å²) in [5, 5.41) is 9.01. The third kappa shape index (κ3) is 1.99. The maximum Gasteiger partial charge on any atom is 0.323 e.